The van der Waals surface area contributed by atoms with Gasteiger partial charge in [0.2, 0.25) is 5.95 Å². The summed E-state index contributed by atoms with van der Waals surface area (Å²) in [5.41, 5.74) is 9.54. The van der Waals surface area contributed by atoms with Crippen LogP contribution in [0.4, 0.5) is 11.8 Å². The van der Waals surface area contributed by atoms with Crippen molar-refractivity contribution in [2.45, 2.75) is 44.8 Å². The van der Waals surface area contributed by atoms with Gasteiger partial charge in [-0.2, -0.15) is 10.1 Å². The molecule has 1 saturated heterocycles. The van der Waals surface area contributed by atoms with Crippen molar-refractivity contribution in [2.24, 2.45) is 0 Å². The summed E-state index contributed by atoms with van der Waals surface area (Å²) in [6.07, 6.45) is 4.20. The number of benzene rings is 1. The van der Waals surface area contributed by atoms with Gasteiger partial charge >= 0.3 is 0 Å². The average Bonchev–Trinajstić information content (AvgIpc) is 3.27. The molecule has 3 aromatic rings. The fraction of sp³-hybridized carbons (Fsp3) is 0.560. The molecule has 3 heterocycles. The number of hydrogen-bond acceptors (Lipinski definition) is 10. The molecule has 6 N–H and O–H groups in total. The third kappa shape index (κ3) is 6.04. The number of aliphatic hydroxyl groups excluding tert-OH is 2. The van der Waals surface area contributed by atoms with Crippen LogP contribution in [0.15, 0.2) is 24.4 Å². The first-order valence-electron chi connectivity index (χ1n) is 12.7. The lowest BCUT2D eigenvalue weighted by Crippen LogP contribution is -2.46. The molecular weight excluding hydrogens is 460 g/mol. The summed E-state index contributed by atoms with van der Waals surface area (Å²) >= 11 is 0. The van der Waals surface area contributed by atoms with E-state index in [-0.39, 0.29) is 31.2 Å². The molecule has 0 bridgehead atoms. The molecule has 11 heteroatoms. The smallest absolute Gasteiger partial charge is 0.222 e. The first-order valence-corrected chi connectivity index (χ1v) is 12.7. The summed E-state index contributed by atoms with van der Waals surface area (Å²) in [7, 11) is 1.68. The number of β-amino-alcohol motifs (C(OH)–C–C–N with tert-alkyl or cyclic N) is 1. The predicted molar refractivity (Wildman–Crippen MR) is 140 cm³/mol. The van der Waals surface area contributed by atoms with Gasteiger partial charge in [-0.3, -0.25) is 9.58 Å². The molecule has 1 unspecified atom stereocenters. The van der Waals surface area contributed by atoms with Crippen molar-refractivity contribution in [3.63, 3.8) is 0 Å². The van der Waals surface area contributed by atoms with Crippen molar-refractivity contribution in [1.82, 2.24) is 30.0 Å². The number of aromatic nitrogens is 4. The summed E-state index contributed by atoms with van der Waals surface area (Å²) < 4.78 is 7.63. The molecule has 0 radical (unpaired) electrons. The molecule has 0 spiro atoms. The standard InChI is InChI=1S/C25H38N8O3/c1-3-4-19(7-11-34)29-24-23-20(30-25(26)31-24)14-28-33(23)15-18-6-5-17(13-22(18)36-2)21-16-32(10-12-35)9-8-27-21/h5-6,13-14,19,21,27,34-35H,3-4,7-12,15-16H2,1-2H3,(H3,26,29,30,31)/t19-,21?/m0/s1. The van der Waals surface area contributed by atoms with E-state index in [1.54, 1.807) is 13.3 Å². The Morgan fingerprint density at radius 1 is 1.25 bits per heavy atom. The SMILES string of the molecule is CCC[C@@H](CCO)Nc1nc(N)nc2cnn(Cc3ccc(C4CN(CCO)CCN4)cc3OC)c12. The van der Waals surface area contributed by atoms with Crippen LogP contribution in [-0.2, 0) is 6.54 Å². The van der Waals surface area contributed by atoms with Crippen LogP contribution in [-0.4, -0.2) is 87.4 Å². The van der Waals surface area contributed by atoms with Crippen molar-refractivity contribution in [3.05, 3.63) is 35.5 Å². The van der Waals surface area contributed by atoms with Crippen LogP contribution < -0.4 is 21.1 Å². The maximum Gasteiger partial charge on any atom is 0.222 e. The molecule has 0 aliphatic carbocycles. The largest absolute Gasteiger partial charge is 0.496 e. The lowest BCUT2D eigenvalue weighted by atomic mass is 10.0. The molecule has 2 aromatic heterocycles. The Bertz CT molecular complexity index is 1130. The molecule has 36 heavy (non-hydrogen) atoms. The van der Waals surface area contributed by atoms with E-state index in [4.69, 9.17) is 10.5 Å². The molecule has 0 saturated carbocycles. The van der Waals surface area contributed by atoms with Crippen LogP contribution in [0.1, 0.15) is 43.4 Å². The molecule has 1 aliphatic heterocycles. The Balaban J connectivity index is 1.61. The first-order chi connectivity index (χ1) is 17.6. The quantitative estimate of drug-likeness (QED) is 0.248. The Hall–Kier alpha value is -2.99. The van der Waals surface area contributed by atoms with Gasteiger partial charge in [0, 0.05) is 50.4 Å². The van der Waals surface area contributed by atoms with Crippen LogP contribution >= 0.6 is 0 Å². The number of hydrogen-bond donors (Lipinski definition) is 5. The molecule has 2 atom stereocenters. The number of piperazine rings is 1. The molecule has 196 valence electrons. The van der Waals surface area contributed by atoms with E-state index in [1.165, 1.54) is 0 Å². The van der Waals surface area contributed by atoms with Gasteiger partial charge < -0.3 is 31.3 Å². The zero-order chi connectivity index (χ0) is 25.5. The van der Waals surface area contributed by atoms with Gasteiger partial charge in [0.1, 0.15) is 16.8 Å². The molecule has 1 fully saturated rings. The zero-order valence-corrected chi connectivity index (χ0v) is 21.2. The van der Waals surface area contributed by atoms with Gasteiger partial charge in [0.15, 0.2) is 5.82 Å². The van der Waals surface area contributed by atoms with Gasteiger partial charge in [-0.25, -0.2) is 4.98 Å². The minimum absolute atomic E-state index is 0.0723. The van der Waals surface area contributed by atoms with Crippen molar-refractivity contribution in [3.8, 4) is 5.75 Å². The van der Waals surface area contributed by atoms with Crippen LogP contribution in [0.3, 0.4) is 0 Å². The van der Waals surface area contributed by atoms with Gasteiger partial charge in [-0.05, 0) is 24.5 Å². The fourth-order valence-electron chi connectivity index (χ4n) is 4.87. The third-order valence-electron chi connectivity index (χ3n) is 6.67. The van der Waals surface area contributed by atoms with E-state index in [0.29, 0.717) is 30.8 Å². The van der Waals surface area contributed by atoms with E-state index in [9.17, 15) is 10.2 Å². The Morgan fingerprint density at radius 3 is 2.86 bits per heavy atom. The van der Waals surface area contributed by atoms with Crippen molar-refractivity contribution >= 4 is 22.8 Å². The highest BCUT2D eigenvalue weighted by Crippen LogP contribution is 2.29. The highest BCUT2D eigenvalue weighted by atomic mass is 16.5. The third-order valence-corrected chi connectivity index (χ3v) is 6.67. The molecule has 4 rings (SSSR count). The van der Waals surface area contributed by atoms with Gasteiger partial charge in [0.05, 0.1) is 26.5 Å². The van der Waals surface area contributed by atoms with Crippen LogP contribution in [0, 0.1) is 0 Å². The lowest BCUT2D eigenvalue weighted by Gasteiger charge is -2.33. The molecule has 11 nitrogen and oxygen atoms in total. The number of nitrogens with two attached hydrogens (primary N) is 1. The van der Waals surface area contributed by atoms with Crippen molar-refractivity contribution < 1.29 is 14.9 Å². The normalized spacial score (nSPS) is 17.4. The van der Waals surface area contributed by atoms with Gasteiger partial charge in [0.25, 0.3) is 0 Å². The van der Waals surface area contributed by atoms with Crippen LogP contribution in [0.25, 0.3) is 11.0 Å². The Labute approximate surface area is 211 Å². The number of fused-ring (bicyclic) bond motifs is 1. The van der Waals surface area contributed by atoms with E-state index in [0.717, 1.165) is 54.9 Å². The summed E-state index contributed by atoms with van der Waals surface area (Å²) in [4.78, 5) is 11.1. The maximum atomic E-state index is 9.49. The number of nitrogens with one attached hydrogen (secondary N) is 2. The highest BCUT2D eigenvalue weighted by molar-refractivity contribution is 5.86. The van der Waals surface area contributed by atoms with Crippen molar-refractivity contribution in [1.29, 1.82) is 0 Å². The molecular formula is C25H38N8O3. The molecule has 1 aromatic carbocycles. The average molecular weight is 499 g/mol. The number of nitrogens with zero attached hydrogens (tertiary/aromatic N) is 5. The number of rotatable bonds is 12. The monoisotopic (exact) mass is 498 g/mol. The maximum absolute atomic E-state index is 9.49. The lowest BCUT2D eigenvalue weighted by molar-refractivity contribution is 0.157. The minimum Gasteiger partial charge on any atom is -0.496 e. The summed E-state index contributed by atoms with van der Waals surface area (Å²) in [5, 5.41) is 30.4. The first kappa shape index (κ1) is 26.1. The summed E-state index contributed by atoms with van der Waals surface area (Å²) in [6, 6.07) is 6.52. The van der Waals surface area contributed by atoms with Gasteiger partial charge in [-0.1, -0.05) is 25.5 Å². The number of nitrogen functional groups attached to an aromatic ring is 1. The predicted octanol–water partition coefficient (Wildman–Crippen LogP) is 1.37. The second-order valence-electron chi connectivity index (χ2n) is 9.21. The minimum atomic E-state index is 0.0723. The second kappa shape index (κ2) is 12.3. The number of anilines is 2. The van der Waals surface area contributed by atoms with E-state index in [1.807, 2.05) is 4.68 Å². The van der Waals surface area contributed by atoms with Crippen molar-refractivity contribution in [2.75, 3.05) is 57.6 Å². The fourth-order valence-corrected chi connectivity index (χ4v) is 4.87. The van der Waals surface area contributed by atoms with Gasteiger partial charge in [-0.15, -0.1) is 0 Å². The Morgan fingerprint density at radius 2 is 2.11 bits per heavy atom. The highest BCUT2D eigenvalue weighted by Gasteiger charge is 2.22. The Kier molecular flexibility index (Phi) is 8.92. The van der Waals surface area contributed by atoms with Crippen LogP contribution in [0.5, 0.6) is 5.75 Å². The number of aliphatic hydroxyl groups is 2. The topological polar surface area (TPSA) is 147 Å². The molecule has 0 amide bonds. The van der Waals surface area contributed by atoms with E-state index in [2.05, 4.69) is 55.7 Å². The number of ether oxygens (including phenoxy) is 1. The zero-order valence-electron chi connectivity index (χ0n) is 21.2. The summed E-state index contributed by atoms with van der Waals surface area (Å²) in [6.45, 7) is 6.18. The number of methoxy groups -OCH3 is 1. The second-order valence-corrected chi connectivity index (χ2v) is 9.21. The van der Waals surface area contributed by atoms with E-state index < -0.39 is 0 Å². The van der Waals surface area contributed by atoms with E-state index >= 15 is 0 Å². The summed E-state index contributed by atoms with van der Waals surface area (Å²) in [5.74, 6) is 1.58. The van der Waals surface area contributed by atoms with Crippen LogP contribution in [0.2, 0.25) is 0 Å². The molecule has 1 aliphatic rings.